The maximum absolute atomic E-state index is 13.6. The zero-order valence-electron chi connectivity index (χ0n) is 25.9. The zero-order valence-corrected chi connectivity index (χ0v) is 26.7. The number of carboxylic acid groups (broad SMARTS) is 2. The lowest BCUT2D eigenvalue weighted by Gasteiger charge is -2.31. The van der Waals surface area contributed by atoms with Gasteiger partial charge in [0.2, 0.25) is 17.7 Å². The number of nitrogens with two attached hydrogens (primary N) is 1. The smallest absolute Gasteiger partial charge is 0.326 e. The molecule has 0 aliphatic rings. The molecule has 1 aromatic heterocycles. The number of hydrogen-bond acceptors (Lipinski definition) is 9. The molecule has 0 aliphatic carbocycles. The minimum absolute atomic E-state index is 0.0687. The van der Waals surface area contributed by atoms with E-state index in [0.717, 1.165) is 4.88 Å². The van der Waals surface area contributed by atoms with Gasteiger partial charge in [-0.05, 0) is 36.1 Å². The average molecular weight is 642 g/mol. The minimum atomic E-state index is -1.78. The maximum Gasteiger partial charge on any atom is 0.326 e. The van der Waals surface area contributed by atoms with Crippen molar-refractivity contribution in [2.24, 2.45) is 17.6 Å². The Morgan fingerprint density at radius 2 is 1.50 bits per heavy atom. The number of carboxylic acids is 2. The molecule has 1 heterocycles. The number of amides is 4. The van der Waals surface area contributed by atoms with Crippen LogP contribution in [0.25, 0.3) is 0 Å². The fraction of sp³-hybridized carbons (Fsp3) is 0.655. The molecule has 4 amide bonds. The second-order valence-corrected chi connectivity index (χ2v) is 12.2. The SMILES string of the molecule is CCC[C@H](NC(=O)[C@H](O)[C@H](NC(=O)[C@H](Cc1cccs1)NC(=O)[C@@H](NC(=O)[C@@H](N)CCC(=O)O)[C@@H](C)CC)C(C)C)C(=O)O. The first-order chi connectivity index (χ1) is 20.6. The highest BCUT2D eigenvalue weighted by atomic mass is 32.1. The Bertz CT molecular complexity index is 1110. The normalized spacial score (nSPS) is 16.0. The van der Waals surface area contributed by atoms with E-state index in [2.05, 4.69) is 21.3 Å². The van der Waals surface area contributed by atoms with E-state index in [0.29, 0.717) is 12.8 Å². The van der Waals surface area contributed by atoms with E-state index in [1.165, 1.54) is 11.3 Å². The highest BCUT2D eigenvalue weighted by molar-refractivity contribution is 7.09. The molecule has 1 rings (SSSR count). The zero-order chi connectivity index (χ0) is 33.6. The third-order valence-electron chi connectivity index (χ3n) is 7.25. The van der Waals surface area contributed by atoms with Crippen LogP contribution in [0.4, 0.5) is 0 Å². The van der Waals surface area contributed by atoms with Crippen molar-refractivity contribution in [1.82, 2.24) is 21.3 Å². The molecule has 7 atom stereocenters. The molecule has 0 radical (unpaired) electrons. The van der Waals surface area contributed by atoms with Crippen molar-refractivity contribution in [3.8, 4) is 0 Å². The number of aliphatic carboxylic acids is 2. The first-order valence-corrected chi connectivity index (χ1v) is 15.6. The molecule has 0 saturated carbocycles. The molecule has 0 fully saturated rings. The van der Waals surface area contributed by atoms with Gasteiger partial charge in [0, 0.05) is 17.7 Å². The molecule has 44 heavy (non-hydrogen) atoms. The number of hydrogen-bond donors (Lipinski definition) is 8. The van der Waals surface area contributed by atoms with Crippen LogP contribution in [0.1, 0.15) is 71.6 Å². The summed E-state index contributed by atoms with van der Waals surface area (Å²) in [6.45, 7) is 8.62. The van der Waals surface area contributed by atoms with Crippen molar-refractivity contribution in [2.75, 3.05) is 0 Å². The summed E-state index contributed by atoms with van der Waals surface area (Å²) >= 11 is 1.35. The van der Waals surface area contributed by atoms with Crippen molar-refractivity contribution in [2.45, 2.75) is 109 Å². The van der Waals surface area contributed by atoms with Gasteiger partial charge >= 0.3 is 11.9 Å². The summed E-state index contributed by atoms with van der Waals surface area (Å²) in [5.41, 5.74) is 5.84. The van der Waals surface area contributed by atoms with E-state index in [1.807, 2.05) is 6.92 Å². The molecule has 9 N–H and O–H groups in total. The van der Waals surface area contributed by atoms with Gasteiger partial charge in [0.15, 0.2) is 6.10 Å². The van der Waals surface area contributed by atoms with Gasteiger partial charge < -0.3 is 42.3 Å². The van der Waals surface area contributed by atoms with Gasteiger partial charge in [-0.25, -0.2) is 4.79 Å². The summed E-state index contributed by atoms with van der Waals surface area (Å²) in [6, 6.07) is -2.21. The van der Waals surface area contributed by atoms with Gasteiger partial charge in [0.05, 0.1) is 12.1 Å². The van der Waals surface area contributed by atoms with Gasteiger partial charge in [0.1, 0.15) is 18.1 Å². The third-order valence-corrected chi connectivity index (χ3v) is 8.14. The van der Waals surface area contributed by atoms with E-state index in [4.69, 9.17) is 10.8 Å². The fourth-order valence-electron chi connectivity index (χ4n) is 4.31. The van der Waals surface area contributed by atoms with Crippen LogP contribution in [0, 0.1) is 11.8 Å². The number of rotatable bonds is 20. The Balaban J connectivity index is 3.19. The predicted octanol–water partition coefficient (Wildman–Crippen LogP) is 0.370. The molecule has 0 aliphatic heterocycles. The highest BCUT2D eigenvalue weighted by Gasteiger charge is 2.36. The van der Waals surface area contributed by atoms with E-state index in [-0.39, 0.29) is 31.6 Å². The number of aliphatic hydroxyl groups excluding tert-OH is 1. The monoisotopic (exact) mass is 641 g/mol. The maximum atomic E-state index is 13.6. The summed E-state index contributed by atoms with van der Waals surface area (Å²) in [7, 11) is 0. The minimum Gasteiger partial charge on any atom is -0.481 e. The van der Waals surface area contributed by atoms with Gasteiger partial charge in [-0.2, -0.15) is 0 Å². The lowest BCUT2D eigenvalue weighted by molar-refractivity contribution is -0.144. The summed E-state index contributed by atoms with van der Waals surface area (Å²) < 4.78 is 0. The Morgan fingerprint density at radius 1 is 0.864 bits per heavy atom. The molecule has 15 heteroatoms. The molecule has 0 saturated heterocycles. The number of nitrogens with one attached hydrogen (secondary N) is 4. The number of carbonyl (C=O) groups is 6. The lowest BCUT2D eigenvalue weighted by Crippen LogP contribution is -2.61. The van der Waals surface area contributed by atoms with Gasteiger partial charge in [-0.3, -0.25) is 24.0 Å². The van der Waals surface area contributed by atoms with E-state index in [9.17, 15) is 39.0 Å². The van der Waals surface area contributed by atoms with Gasteiger partial charge in [-0.15, -0.1) is 11.3 Å². The van der Waals surface area contributed by atoms with Crippen molar-refractivity contribution in [3.05, 3.63) is 22.4 Å². The third kappa shape index (κ3) is 12.6. The molecule has 1 aromatic rings. The van der Waals surface area contributed by atoms with Crippen LogP contribution in [-0.4, -0.2) is 87.2 Å². The summed E-state index contributed by atoms with van der Waals surface area (Å²) in [4.78, 5) is 75.7. The van der Waals surface area contributed by atoms with Crippen molar-refractivity contribution in [3.63, 3.8) is 0 Å². The largest absolute Gasteiger partial charge is 0.481 e. The molecule has 0 unspecified atom stereocenters. The molecule has 0 spiro atoms. The van der Waals surface area contributed by atoms with Crippen LogP contribution in [0.2, 0.25) is 0 Å². The average Bonchev–Trinajstić information content (AvgIpc) is 3.48. The van der Waals surface area contributed by atoms with E-state index in [1.54, 1.807) is 45.2 Å². The van der Waals surface area contributed by atoms with Crippen LogP contribution in [0.15, 0.2) is 17.5 Å². The number of aliphatic hydroxyl groups is 1. The lowest BCUT2D eigenvalue weighted by atomic mass is 9.95. The van der Waals surface area contributed by atoms with Crippen LogP contribution in [0.3, 0.4) is 0 Å². The van der Waals surface area contributed by atoms with Crippen LogP contribution >= 0.6 is 11.3 Å². The van der Waals surface area contributed by atoms with Crippen LogP contribution in [0.5, 0.6) is 0 Å². The van der Waals surface area contributed by atoms with Crippen molar-refractivity contribution >= 4 is 46.9 Å². The van der Waals surface area contributed by atoms with Gasteiger partial charge in [-0.1, -0.05) is 53.5 Å². The topological polar surface area (TPSA) is 237 Å². The van der Waals surface area contributed by atoms with Crippen molar-refractivity contribution in [1.29, 1.82) is 0 Å². The summed E-state index contributed by atoms with van der Waals surface area (Å²) in [6.07, 6.45) is -1.05. The number of thiophene rings is 1. The predicted molar refractivity (Wildman–Crippen MR) is 163 cm³/mol. The Kier molecular flexibility index (Phi) is 16.6. The summed E-state index contributed by atoms with van der Waals surface area (Å²) in [5.74, 6) is -6.24. The molecule has 0 aromatic carbocycles. The molecule has 248 valence electrons. The first kappa shape index (κ1) is 38.5. The Hall–Kier alpha value is -3.56. The molecular weight excluding hydrogens is 594 g/mol. The number of carbonyl (C=O) groups excluding carboxylic acids is 4. The van der Waals surface area contributed by atoms with Crippen molar-refractivity contribution < 1.29 is 44.1 Å². The quantitative estimate of drug-likeness (QED) is 0.0973. The Morgan fingerprint density at radius 3 is 2.00 bits per heavy atom. The highest BCUT2D eigenvalue weighted by Crippen LogP contribution is 2.15. The standard InChI is InChI=1S/C29H47N5O9S/c1-6-9-19(29(42)43)31-28(41)24(37)22(15(3)4)33-26(39)20(14-17-10-8-13-44-17)32-27(40)23(16(5)7-2)34-25(38)18(30)11-12-21(35)36/h8,10,13,15-16,18-20,22-24,37H,6-7,9,11-12,14,30H2,1-5H3,(H,31,41)(H,32,40)(H,33,39)(H,34,38)(H,35,36)(H,42,43)/t16-,18-,19-,20-,22+,23-,24+/m0/s1. The Labute approximate surface area is 261 Å². The second-order valence-electron chi connectivity index (χ2n) is 11.2. The van der Waals surface area contributed by atoms with Crippen LogP contribution in [-0.2, 0) is 35.2 Å². The first-order valence-electron chi connectivity index (χ1n) is 14.7. The van der Waals surface area contributed by atoms with Crippen LogP contribution < -0.4 is 27.0 Å². The van der Waals surface area contributed by atoms with Gasteiger partial charge in [0.25, 0.3) is 5.91 Å². The molecular formula is C29H47N5O9S. The molecule has 0 bridgehead atoms. The van der Waals surface area contributed by atoms with E-state index >= 15 is 0 Å². The summed E-state index contributed by atoms with van der Waals surface area (Å²) in [5, 5.41) is 41.1. The van der Waals surface area contributed by atoms with E-state index < -0.39 is 77.8 Å². The molecule has 14 nitrogen and oxygen atoms in total. The fourth-order valence-corrected chi connectivity index (χ4v) is 5.07. The second kappa shape index (κ2) is 19.0.